The van der Waals surface area contributed by atoms with Crippen molar-refractivity contribution >= 4 is 0 Å². The maximum atomic E-state index is 13.0. The molecule has 0 spiro atoms. The summed E-state index contributed by atoms with van der Waals surface area (Å²) in [5, 5.41) is 9.23. The van der Waals surface area contributed by atoms with E-state index in [1.165, 1.54) is 18.2 Å². The van der Waals surface area contributed by atoms with Crippen molar-refractivity contribution in [2.24, 2.45) is 0 Å². The maximum Gasteiger partial charge on any atom is 0.129 e. The molecule has 0 saturated carbocycles. The number of halogens is 2. The maximum absolute atomic E-state index is 13.0. The van der Waals surface area contributed by atoms with Gasteiger partial charge in [0.05, 0.1) is 6.10 Å². The lowest BCUT2D eigenvalue weighted by atomic mass is 10.1. The first-order valence-corrected chi connectivity index (χ1v) is 4.26. The molecule has 0 heterocycles. The van der Waals surface area contributed by atoms with E-state index in [1.807, 2.05) is 0 Å². The summed E-state index contributed by atoms with van der Waals surface area (Å²) in [6.45, 7) is 1.77. The van der Waals surface area contributed by atoms with Crippen molar-refractivity contribution in [1.82, 2.24) is 0 Å². The average molecular weight is 186 g/mol. The number of hydrogen-bond acceptors (Lipinski definition) is 1. The fraction of sp³-hybridized carbons (Fsp3) is 0.400. The Kier molecular flexibility index (Phi) is 3.37. The highest BCUT2D eigenvalue weighted by Gasteiger charge is 2.11. The van der Waals surface area contributed by atoms with Gasteiger partial charge < -0.3 is 5.11 Å². The second-order valence-corrected chi connectivity index (χ2v) is 2.97. The van der Waals surface area contributed by atoms with Crippen molar-refractivity contribution in [2.45, 2.75) is 25.9 Å². The molecule has 1 atom stereocenters. The summed E-state index contributed by atoms with van der Waals surface area (Å²) in [4.78, 5) is 0. The minimum atomic E-state index is -0.675. The number of rotatable bonds is 3. The smallest absolute Gasteiger partial charge is 0.129 e. The highest BCUT2D eigenvalue weighted by atomic mass is 19.1. The van der Waals surface area contributed by atoms with Crippen LogP contribution in [0.25, 0.3) is 0 Å². The molecule has 3 heteroatoms. The van der Waals surface area contributed by atoms with E-state index in [4.69, 9.17) is 0 Å². The van der Waals surface area contributed by atoms with Gasteiger partial charge in [-0.2, -0.15) is 0 Å². The average Bonchev–Trinajstić information content (AvgIpc) is 2.11. The van der Waals surface area contributed by atoms with Gasteiger partial charge >= 0.3 is 0 Å². The Hall–Kier alpha value is -0.960. The zero-order valence-electron chi connectivity index (χ0n) is 7.43. The van der Waals surface area contributed by atoms with Crippen LogP contribution >= 0.6 is 0 Å². The van der Waals surface area contributed by atoms with Crippen LogP contribution in [-0.2, 0) is 6.42 Å². The molecule has 0 amide bonds. The zero-order chi connectivity index (χ0) is 9.84. The molecule has 1 nitrogen and oxygen atoms in total. The van der Waals surface area contributed by atoms with Crippen LogP contribution < -0.4 is 0 Å². The summed E-state index contributed by atoms with van der Waals surface area (Å²) < 4.78 is 26.0. The van der Waals surface area contributed by atoms with Crippen LogP contribution in [0.15, 0.2) is 18.2 Å². The number of aliphatic hydroxyl groups excluding tert-OH is 1. The Labute approximate surface area is 76.0 Å². The van der Waals surface area contributed by atoms with Gasteiger partial charge in [-0.15, -0.1) is 0 Å². The predicted molar refractivity (Wildman–Crippen MR) is 46.4 cm³/mol. The van der Waals surface area contributed by atoms with Gasteiger partial charge in [-0.05, 0) is 18.6 Å². The van der Waals surface area contributed by atoms with E-state index >= 15 is 0 Å². The summed E-state index contributed by atoms with van der Waals surface area (Å²) >= 11 is 0. The van der Waals surface area contributed by atoms with E-state index in [0.29, 0.717) is 6.42 Å². The van der Waals surface area contributed by atoms with Crippen molar-refractivity contribution < 1.29 is 13.9 Å². The standard InChI is InChI=1S/C10H12F2O/c1-2-7(13)6-8-9(11)4-3-5-10(8)12/h3-5,7,13H,2,6H2,1H3. The van der Waals surface area contributed by atoms with Gasteiger partial charge in [-0.25, -0.2) is 8.78 Å². The molecular formula is C10H12F2O. The van der Waals surface area contributed by atoms with Crippen LogP contribution in [0, 0.1) is 11.6 Å². The third-order valence-electron chi connectivity index (χ3n) is 1.97. The van der Waals surface area contributed by atoms with E-state index in [-0.39, 0.29) is 12.0 Å². The Morgan fingerprint density at radius 2 is 1.85 bits per heavy atom. The Bertz CT molecular complexity index is 266. The fourth-order valence-electron chi connectivity index (χ4n) is 1.11. The Morgan fingerprint density at radius 1 is 1.31 bits per heavy atom. The van der Waals surface area contributed by atoms with Gasteiger partial charge in [-0.1, -0.05) is 13.0 Å². The predicted octanol–water partition coefficient (Wildman–Crippen LogP) is 2.28. The van der Waals surface area contributed by atoms with Gasteiger partial charge in [0.1, 0.15) is 11.6 Å². The molecule has 1 unspecified atom stereocenters. The third kappa shape index (κ3) is 2.49. The highest BCUT2D eigenvalue weighted by molar-refractivity contribution is 5.20. The monoisotopic (exact) mass is 186 g/mol. The normalized spacial score (nSPS) is 12.9. The molecule has 0 aliphatic carbocycles. The second-order valence-electron chi connectivity index (χ2n) is 2.97. The lowest BCUT2D eigenvalue weighted by Crippen LogP contribution is -2.11. The molecule has 0 aliphatic rings. The molecule has 1 rings (SSSR count). The van der Waals surface area contributed by atoms with E-state index in [9.17, 15) is 13.9 Å². The second kappa shape index (κ2) is 4.33. The molecule has 1 aromatic carbocycles. The number of benzene rings is 1. The van der Waals surface area contributed by atoms with Gasteiger partial charge in [0, 0.05) is 12.0 Å². The summed E-state index contributed by atoms with van der Waals surface area (Å²) in [6.07, 6.45) is -0.144. The highest BCUT2D eigenvalue weighted by Crippen LogP contribution is 2.14. The topological polar surface area (TPSA) is 20.2 Å². The van der Waals surface area contributed by atoms with E-state index in [2.05, 4.69) is 0 Å². The molecule has 0 radical (unpaired) electrons. The molecule has 1 aromatic rings. The quantitative estimate of drug-likeness (QED) is 0.767. The summed E-state index contributed by atoms with van der Waals surface area (Å²) in [5.41, 5.74) is -0.0307. The minimum Gasteiger partial charge on any atom is -0.393 e. The van der Waals surface area contributed by atoms with Crippen LogP contribution in [0.4, 0.5) is 8.78 Å². The van der Waals surface area contributed by atoms with Crippen molar-refractivity contribution in [3.8, 4) is 0 Å². The van der Waals surface area contributed by atoms with Crippen LogP contribution in [0.1, 0.15) is 18.9 Å². The van der Waals surface area contributed by atoms with E-state index in [0.717, 1.165) is 0 Å². The van der Waals surface area contributed by atoms with Crippen molar-refractivity contribution in [3.05, 3.63) is 35.4 Å². The summed E-state index contributed by atoms with van der Waals surface area (Å²) in [6, 6.07) is 3.70. The lowest BCUT2D eigenvalue weighted by molar-refractivity contribution is 0.168. The van der Waals surface area contributed by atoms with Crippen LogP contribution in [0.3, 0.4) is 0 Å². The first-order valence-electron chi connectivity index (χ1n) is 4.26. The van der Waals surface area contributed by atoms with Gasteiger partial charge in [-0.3, -0.25) is 0 Å². The molecule has 1 N–H and O–H groups in total. The molecule has 0 aromatic heterocycles. The van der Waals surface area contributed by atoms with Gasteiger partial charge in [0.15, 0.2) is 0 Å². The first kappa shape index (κ1) is 10.1. The van der Waals surface area contributed by atoms with E-state index < -0.39 is 17.7 Å². The number of hydrogen-bond donors (Lipinski definition) is 1. The molecule has 72 valence electrons. The molecule has 13 heavy (non-hydrogen) atoms. The lowest BCUT2D eigenvalue weighted by Gasteiger charge is -2.08. The fourth-order valence-corrected chi connectivity index (χ4v) is 1.11. The van der Waals surface area contributed by atoms with Crippen molar-refractivity contribution in [3.63, 3.8) is 0 Å². The Morgan fingerprint density at radius 3 is 2.31 bits per heavy atom. The van der Waals surface area contributed by atoms with Crippen LogP contribution in [0.5, 0.6) is 0 Å². The first-order chi connectivity index (χ1) is 6.15. The molecule has 0 aliphatic heterocycles. The molecular weight excluding hydrogens is 174 g/mol. The van der Waals surface area contributed by atoms with Gasteiger partial charge in [0.2, 0.25) is 0 Å². The van der Waals surface area contributed by atoms with Crippen molar-refractivity contribution in [1.29, 1.82) is 0 Å². The minimum absolute atomic E-state index is 0.0307. The number of aliphatic hydroxyl groups is 1. The summed E-state index contributed by atoms with van der Waals surface area (Å²) in [7, 11) is 0. The zero-order valence-corrected chi connectivity index (χ0v) is 7.43. The Balaban J connectivity index is 2.87. The largest absolute Gasteiger partial charge is 0.393 e. The van der Waals surface area contributed by atoms with Gasteiger partial charge in [0.25, 0.3) is 0 Å². The van der Waals surface area contributed by atoms with Crippen LogP contribution in [0.2, 0.25) is 0 Å². The molecule has 0 bridgehead atoms. The van der Waals surface area contributed by atoms with Crippen LogP contribution in [-0.4, -0.2) is 11.2 Å². The van der Waals surface area contributed by atoms with E-state index in [1.54, 1.807) is 6.92 Å². The summed E-state index contributed by atoms with van der Waals surface area (Å²) in [5.74, 6) is -1.18. The third-order valence-corrected chi connectivity index (χ3v) is 1.97. The SMILES string of the molecule is CCC(O)Cc1c(F)cccc1F. The molecule has 0 fully saturated rings. The van der Waals surface area contributed by atoms with Crippen molar-refractivity contribution in [2.75, 3.05) is 0 Å². The molecule has 0 saturated heterocycles.